The molecule has 0 bridgehead atoms. The molecule has 2 aliphatic heterocycles. The van der Waals surface area contributed by atoms with Crippen LogP contribution in [0.5, 0.6) is 0 Å². The summed E-state index contributed by atoms with van der Waals surface area (Å²) < 4.78 is 21.3. The van der Waals surface area contributed by atoms with Gasteiger partial charge in [-0.1, -0.05) is 6.92 Å². The highest BCUT2D eigenvalue weighted by Gasteiger charge is 2.49. The summed E-state index contributed by atoms with van der Waals surface area (Å²) in [5, 5.41) is 0. The SMILES string of the molecule is CCSOP(=O)(N1CC1)N1CC1. The fourth-order valence-electron chi connectivity index (χ4n) is 0.989. The van der Waals surface area contributed by atoms with E-state index in [4.69, 9.17) is 3.97 Å². The molecule has 0 aromatic heterocycles. The lowest BCUT2D eigenvalue weighted by atomic mass is 11.0. The molecule has 0 aliphatic carbocycles. The maximum Gasteiger partial charge on any atom is 0.357 e. The largest absolute Gasteiger partial charge is 0.357 e. The zero-order chi connectivity index (χ0) is 8.60. The normalized spacial score (nSPS) is 24.4. The maximum atomic E-state index is 12.1. The third-order valence-corrected chi connectivity index (χ3v) is 5.49. The minimum Gasteiger partial charge on any atom is -0.254 e. The molecule has 2 aliphatic rings. The maximum absolute atomic E-state index is 12.1. The van der Waals surface area contributed by atoms with Crippen LogP contribution in [0.1, 0.15) is 6.92 Å². The highest BCUT2D eigenvalue weighted by Crippen LogP contribution is 2.62. The van der Waals surface area contributed by atoms with Crippen LogP contribution in [-0.4, -0.2) is 41.3 Å². The summed E-state index contributed by atoms with van der Waals surface area (Å²) in [4.78, 5) is 0. The zero-order valence-electron chi connectivity index (χ0n) is 7.10. The molecule has 0 spiro atoms. The van der Waals surface area contributed by atoms with Crippen LogP contribution >= 0.6 is 19.7 Å². The second kappa shape index (κ2) is 3.31. The van der Waals surface area contributed by atoms with Crippen molar-refractivity contribution in [3.63, 3.8) is 0 Å². The Morgan fingerprint density at radius 3 is 2.17 bits per heavy atom. The third kappa shape index (κ3) is 1.70. The van der Waals surface area contributed by atoms with Crippen LogP contribution in [0.25, 0.3) is 0 Å². The molecule has 0 aromatic carbocycles. The fraction of sp³-hybridized carbons (Fsp3) is 1.00. The Morgan fingerprint density at radius 2 is 1.83 bits per heavy atom. The molecule has 2 saturated heterocycles. The first-order valence-corrected chi connectivity index (χ1v) is 6.63. The molecule has 0 atom stereocenters. The minimum atomic E-state index is -2.53. The predicted octanol–water partition coefficient (Wildman–Crippen LogP) is 1.41. The van der Waals surface area contributed by atoms with Gasteiger partial charge in [0.05, 0.1) is 0 Å². The molecular weight excluding hydrogens is 195 g/mol. The van der Waals surface area contributed by atoms with Crippen LogP contribution in [0, 0.1) is 0 Å². The van der Waals surface area contributed by atoms with Gasteiger partial charge in [0.1, 0.15) is 0 Å². The van der Waals surface area contributed by atoms with Crippen molar-refractivity contribution in [3.05, 3.63) is 0 Å². The first-order chi connectivity index (χ1) is 5.77. The fourth-order valence-corrected chi connectivity index (χ4v) is 4.26. The number of hydrogen-bond donors (Lipinski definition) is 0. The Balaban J connectivity index is 1.95. The Kier molecular flexibility index (Phi) is 2.49. The summed E-state index contributed by atoms with van der Waals surface area (Å²) in [7, 11) is -2.53. The van der Waals surface area contributed by atoms with Crippen molar-refractivity contribution in [1.29, 1.82) is 0 Å². The van der Waals surface area contributed by atoms with Gasteiger partial charge in [-0.15, -0.1) is 0 Å². The van der Waals surface area contributed by atoms with Crippen LogP contribution in [0.3, 0.4) is 0 Å². The van der Waals surface area contributed by atoms with Gasteiger partial charge < -0.3 is 0 Å². The first-order valence-electron chi connectivity index (χ1n) is 4.19. The summed E-state index contributed by atoms with van der Waals surface area (Å²) >= 11 is 1.31. The summed E-state index contributed by atoms with van der Waals surface area (Å²) in [6, 6.07) is 0. The van der Waals surface area contributed by atoms with Gasteiger partial charge in [0.2, 0.25) is 0 Å². The number of rotatable bonds is 5. The average molecular weight is 208 g/mol. The van der Waals surface area contributed by atoms with Crippen molar-refractivity contribution in [1.82, 2.24) is 9.34 Å². The van der Waals surface area contributed by atoms with Gasteiger partial charge in [-0.05, 0) is 0 Å². The monoisotopic (exact) mass is 208 g/mol. The molecule has 6 heteroatoms. The number of hydrogen-bond acceptors (Lipinski definition) is 3. The van der Waals surface area contributed by atoms with E-state index in [1.54, 1.807) is 0 Å². The van der Waals surface area contributed by atoms with Crippen LogP contribution < -0.4 is 0 Å². The van der Waals surface area contributed by atoms with E-state index in [0.717, 1.165) is 31.9 Å². The first kappa shape index (κ1) is 9.03. The summed E-state index contributed by atoms with van der Waals surface area (Å²) in [5.41, 5.74) is 0. The lowest BCUT2D eigenvalue weighted by Gasteiger charge is -2.17. The van der Waals surface area contributed by atoms with E-state index in [9.17, 15) is 4.57 Å². The van der Waals surface area contributed by atoms with E-state index >= 15 is 0 Å². The molecule has 0 saturated carbocycles. The van der Waals surface area contributed by atoms with Gasteiger partial charge in [-0.3, -0.25) is 4.57 Å². The molecule has 0 N–H and O–H groups in total. The molecule has 0 aromatic rings. The van der Waals surface area contributed by atoms with Crippen LogP contribution in [0.4, 0.5) is 0 Å². The highest BCUT2D eigenvalue weighted by molar-refractivity contribution is 7.98. The van der Waals surface area contributed by atoms with Gasteiger partial charge in [0.25, 0.3) is 0 Å². The molecule has 2 rings (SSSR count). The van der Waals surface area contributed by atoms with Gasteiger partial charge in [0, 0.05) is 44.0 Å². The highest BCUT2D eigenvalue weighted by atomic mass is 32.2. The van der Waals surface area contributed by atoms with Crippen molar-refractivity contribution < 1.29 is 8.54 Å². The molecule has 0 unspecified atom stereocenters. The van der Waals surface area contributed by atoms with E-state index in [-0.39, 0.29) is 0 Å². The van der Waals surface area contributed by atoms with Crippen molar-refractivity contribution in [2.45, 2.75) is 6.92 Å². The van der Waals surface area contributed by atoms with Crippen molar-refractivity contribution >= 4 is 19.7 Å². The van der Waals surface area contributed by atoms with Gasteiger partial charge >= 0.3 is 7.67 Å². The predicted molar refractivity (Wildman–Crippen MR) is 50.0 cm³/mol. The van der Waals surface area contributed by atoms with Crippen molar-refractivity contribution in [2.24, 2.45) is 0 Å². The van der Waals surface area contributed by atoms with Crippen LogP contribution in [0.15, 0.2) is 0 Å². The smallest absolute Gasteiger partial charge is 0.254 e. The summed E-state index contributed by atoms with van der Waals surface area (Å²) in [6.45, 7) is 5.71. The Morgan fingerprint density at radius 1 is 1.33 bits per heavy atom. The van der Waals surface area contributed by atoms with E-state index in [0.29, 0.717) is 0 Å². The molecule has 2 fully saturated rings. The molecule has 2 heterocycles. The van der Waals surface area contributed by atoms with E-state index in [1.165, 1.54) is 12.0 Å². The average Bonchev–Trinajstić information content (AvgIpc) is 2.92. The van der Waals surface area contributed by atoms with Gasteiger partial charge in [0.15, 0.2) is 0 Å². The zero-order valence-corrected chi connectivity index (χ0v) is 8.81. The van der Waals surface area contributed by atoms with E-state index in [1.807, 2.05) is 16.3 Å². The summed E-state index contributed by atoms with van der Waals surface area (Å²) in [6.07, 6.45) is 0. The van der Waals surface area contributed by atoms with Crippen LogP contribution in [0.2, 0.25) is 0 Å². The molecule has 70 valence electrons. The topological polar surface area (TPSA) is 32.3 Å². The second-order valence-electron chi connectivity index (χ2n) is 2.88. The van der Waals surface area contributed by atoms with E-state index < -0.39 is 7.67 Å². The van der Waals surface area contributed by atoms with Crippen LogP contribution in [-0.2, 0) is 8.54 Å². The van der Waals surface area contributed by atoms with Crippen molar-refractivity contribution in [2.75, 3.05) is 31.9 Å². The third-order valence-electron chi connectivity index (χ3n) is 1.83. The van der Waals surface area contributed by atoms with Crippen molar-refractivity contribution in [3.8, 4) is 0 Å². The quantitative estimate of drug-likeness (QED) is 0.387. The Hall–Kier alpha value is 0.460. The van der Waals surface area contributed by atoms with Gasteiger partial charge in [-0.2, -0.15) is 0 Å². The lowest BCUT2D eigenvalue weighted by molar-refractivity contribution is 0.436. The Labute approximate surface area is 77.0 Å². The molecule has 12 heavy (non-hydrogen) atoms. The lowest BCUT2D eigenvalue weighted by Crippen LogP contribution is -2.04. The second-order valence-corrected chi connectivity index (χ2v) is 6.40. The minimum absolute atomic E-state index is 0.853. The molecule has 0 radical (unpaired) electrons. The molecule has 4 nitrogen and oxygen atoms in total. The molecular formula is C6H13N2O2PS. The Bertz CT molecular complexity index is 202. The standard InChI is InChI=1S/C6H13N2O2PS/c1-2-12-10-11(9,7-3-4-7)8-5-6-8/h2-6H2,1H3. The number of nitrogens with zero attached hydrogens (tertiary/aromatic N) is 2. The van der Waals surface area contributed by atoms with E-state index in [2.05, 4.69) is 0 Å². The van der Waals surface area contributed by atoms with Gasteiger partial charge in [-0.25, -0.2) is 13.3 Å². The summed E-state index contributed by atoms with van der Waals surface area (Å²) in [5.74, 6) is 0.853. The molecule has 0 amide bonds.